The van der Waals surface area contributed by atoms with Crippen molar-refractivity contribution in [3.8, 4) is 0 Å². The van der Waals surface area contributed by atoms with Crippen LogP contribution in [-0.4, -0.2) is 15.6 Å². The lowest BCUT2D eigenvalue weighted by Gasteiger charge is -2.08. The Bertz CT molecular complexity index is 1310. The highest BCUT2D eigenvalue weighted by molar-refractivity contribution is 6.16. The first kappa shape index (κ1) is 18.2. The van der Waals surface area contributed by atoms with Gasteiger partial charge in [-0.05, 0) is 57.9 Å². The maximum atomic E-state index is 13.4. The molecule has 0 N–H and O–H groups in total. The summed E-state index contributed by atoms with van der Waals surface area (Å²) in [6, 6.07) is 11.4. The first-order chi connectivity index (χ1) is 13.3. The third kappa shape index (κ3) is 2.66. The van der Waals surface area contributed by atoms with Gasteiger partial charge in [0.1, 0.15) is 22.6 Å². The van der Waals surface area contributed by atoms with Crippen molar-refractivity contribution in [1.82, 2.24) is 9.78 Å². The number of aryl methyl sites for hydroxylation is 3. The van der Waals surface area contributed by atoms with E-state index in [9.17, 15) is 9.59 Å². The minimum Gasteiger partial charge on any atom is -0.460 e. The lowest BCUT2D eigenvalue weighted by Crippen LogP contribution is -2.19. The summed E-state index contributed by atoms with van der Waals surface area (Å²) < 4.78 is 7.73. The predicted octanol–water partition coefficient (Wildman–Crippen LogP) is 4.88. The van der Waals surface area contributed by atoms with Crippen LogP contribution in [0.1, 0.15) is 52.8 Å². The Labute approximate surface area is 162 Å². The molecule has 5 nitrogen and oxygen atoms in total. The van der Waals surface area contributed by atoms with Gasteiger partial charge in [-0.3, -0.25) is 14.3 Å². The smallest absolute Gasteiger partial charge is 0.221 e. The van der Waals surface area contributed by atoms with Gasteiger partial charge >= 0.3 is 0 Å². The van der Waals surface area contributed by atoms with E-state index in [4.69, 9.17) is 4.42 Å². The molecule has 0 aliphatic rings. The van der Waals surface area contributed by atoms with Crippen molar-refractivity contribution in [2.45, 2.75) is 40.7 Å². The van der Waals surface area contributed by atoms with Gasteiger partial charge in [0.15, 0.2) is 0 Å². The number of aromatic nitrogens is 2. The molecule has 5 heteroatoms. The summed E-state index contributed by atoms with van der Waals surface area (Å²) in [6.45, 7) is 9.50. The average Bonchev–Trinajstić information content (AvgIpc) is 3.03. The number of fused-ring (bicyclic) bond motifs is 2. The molecule has 2 aromatic heterocycles. The van der Waals surface area contributed by atoms with E-state index in [2.05, 4.69) is 5.10 Å². The number of benzene rings is 2. The molecule has 0 bridgehead atoms. The minimum atomic E-state index is -0.400. The Morgan fingerprint density at radius 3 is 2.50 bits per heavy atom. The number of rotatable bonds is 3. The van der Waals surface area contributed by atoms with Crippen LogP contribution in [-0.2, 0) is 0 Å². The molecule has 0 radical (unpaired) electrons. The van der Waals surface area contributed by atoms with Gasteiger partial charge in [-0.2, -0.15) is 5.10 Å². The molecule has 0 aliphatic carbocycles. The Kier molecular flexibility index (Phi) is 4.18. The van der Waals surface area contributed by atoms with Gasteiger partial charge in [-0.1, -0.05) is 24.3 Å². The Morgan fingerprint density at radius 2 is 1.79 bits per heavy atom. The molecule has 0 fully saturated rings. The maximum Gasteiger partial charge on any atom is 0.221 e. The number of nitrogens with zero attached hydrogens (tertiary/aromatic N) is 2. The minimum absolute atomic E-state index is 0.0525. The molecule has 4 aromatic rings. The van der Waals surface area contributed by atoms with Crippen LogP contribution >= 0.6 is 0 Å². The largest absolute Gasteiger partial charge is 0.460 e. The summed E-state index contributed by atoms with van der Waals surface area (Å²) in [5.74, 6) is -0.0828. The summed E-state index contributed by atoms with van der Waals surface area (Å²) in [5, 5.41) is 5.72. The van der Waals surface area contributed by atoms with Gasteiger partial charge < -0.3 is 4.42 Å². The summed E-state index contributed by atoms with van der Waals surface area (Å²) in [7, 11) is 0. The molecule has 2 heterocycles. The molecule has 0 amide bonds. The zero-order valence-corrected chi connectivity index (χ0v) is 16.7. The van der Waals surface area contributed by atoms with Gasteiger partial charge in [0, 0.05) is 11.4 Å². The van der Waals surface area contributed by atoms with E-state index < -0.39 is 5.78 Å². The van der Waals surface area contributed by atoms with Crippen molar-refractivity contribution in [2.24, 2.45) is 0 Å². The number of ketones is 1. The summed E-state index contributed by atoms with van der Waals surface area (Å²) in [4.78, 5) is 26.6. The zero-order chi connectivity index (χ0) is 20.2. The van der Waals surface area contributed by atoms with Crippen molar-refractivity contribution in [2.75, 3.05) is 0 Å². The van der Waals surface area contributed by atoms with Crippen LogP contribution in [0.3, 0.4) is 0 Å². The number of carbonyl (C=O) groups is 1. The van der Waals surface area contributed by atoms with Crippen molar-refractivity contribution in [3.05, 3.63) is 74.8 Å². The third-order valence-corrected chi connectivity index (χ3v) is 5.04. The van der Waals surface area contributed by atoms with Crippen LogP contribution in [0.4, 0.5) is 0 Å². The van der Waals surface area contributed by atoms with E-state index in [1.165, 1.54) is 0 Å². The van der Waals surface area contributed by atoms with Gasteiger partial charge in [0.05, 0.1) is 10.9 Å². The highest BCUT2D eigenvalue weighted by atomic mass is 16.3. The molecule has 142 valence electrons. The Balaban J connectivity index is 2.01. The summed E-state index contributed by atoms with van der Waals surface area (Å²) >= 11 is 0. The quantitative estimate of drug-likeness (QED) is 0.479. The van der Waals surface area contributed by atoms with Crippen molar-refractivity contribution < 1.29 is 9.21 Å². The molecule has 4 rings (SSSR count). The first-order valence-electron chi connectivity index (χ1n) is 9.36. The molecule has 0 saturated carbocycles. The van der Waals surface area contributed by atoms with Crippen LogP contribution in [0, 0.1) is 20.8 Å². The fourth-order valence-corrected chi connectivity index (χ4v) is 3.79. The van der Waals surface area contributed by atoms with Crippen molar-refractivity contribution in [3.63, 3.8) is 0 Å². The van der Waals surface area contributed by atoms with E-state index in [-0.39, 0.29) is 22.7 Å². The molecule has 0 spiro atoms. The molecule has 28 heavy (non-hydrogen) atoms. The van der Waals surface area contributed by atoms with E-state index in [0.29, 0.717) is 16.7 Å². The molecular weight excluding hydrogens is 352 g/mol. The van der Waals surface area contributed by atoms with Crippen molar-refractivity contribution in [1.29, 1.82) is 0 Å². The highest BCUT2D eigenvalue weighted by Gasteiger charge is 2.26. The molecule has 0 atom stereocenters. The normalized spacial score (nSPS) is 11.6. The van der Waals surface area contributed by atoms with Crippen molar-refractivity contribution >= 4 is 27.7 Å². The fraction of sp³-hybridized carbons (Fsp3) is 0.261. The summed E-state index contributed by atoms with van der Waals surface area (Å²) in [5.41, 5.74) is 3.26. The Hall–Kier alpha value is -3.21. The van der Waals surface area contributed by atoms with Gasteiger partial charge in [0.2, 0.25) is 11.2 Å². The third-order valence-electron chi connectivity index (χ3n) is 5.04. The Morgan fingerprint density at radius 1 is 1.07 bits per heavy atom. The summed E-state index contributed by atoms with van der Waals surface area (Å²) in [6.07, 6.45) is 0. The molecule has 0 saturated heterocycles. The SMILES string of the molecule is Cc1cc(C)c2oc(C)c(C(=O)c3nn(C(C)C)c4ccccc34)c(=O)c2c1. The zero-order valence-electron chi connectivity index (χ0n) is 16.7. The van der Waals surface area contributed by atoms with Crippen LogP contribution in [0.5, 0.6) is 0 Å². The van der Waals surface area contributed by atoms with E-state index >= 15 is 0 Å². The van der Waals surface area contributed by atoms with Gasteiger partial charge in [0.25, 0.3) is 0 Å². The predicted molar refractivity (Wildman–Crippen MR) is 110 cm³/mol. The molecule has 0 aliphatic heterocycles. The molecule has 2 aromatic carbocycles. The monoisotopic (exact) mass is 374 g/mol. The number of para-hydroxylation sites is 1. The fourth-order valence-electron chi connectivity index (χ4n) is 3.79. The van der Waals surface area contributed by atoms with Crippen LogP contribution in [0.25, 0.3) is 21.9 Å². The standard InChI is InChI=1S/C23H22N2O3/c1-12(2)25-18-9-7-6-8-16(18)20(24-25)22(27)19-15(5)28-23-14(4)10-13(3)11-17(23)21(19)26/h6-12H,1-5H3. The highest BCUT2D eigenvalue weighted by Crippen LogP contribution is 2.26. The molecular formula is C23H22N2O3. The van der Waals surface area contributed by atoms with Gasteiger partial charge in [-0.15, -0.1) is 0 Å². The lowest BCUT2D eigenvalue weighted by molar-refractivity contribution is 0.103. The number of carbonyl (C=O) groups excluding carboxylic acids is 1. The van der Waals surface area contributed by atoms with E-state index in [1.54, 1.807) is 13.0 Å². The van der Waals surface area contributed by atoms with E-state index in [0.717, 1.165) is 22.0 Å². The lowest BCUT2D eigenvalue weighted by atomic mass is 10.0. The second-order valence-electron chi connectivity index (χ2n) is 7.55. The second-order valence-corrected chi connectivity index (χ2v) is 7.55. The average molecular weight is 374 g/mol. The van der Waals surface area contributed by atoms with Crippen LogP contribution < -0.4 is 5.43 Å². The van der Waals surface area contributed by atoms with Crippen LogP contribution in [0.2, 0.25) is 0 Å². The number of hydrogen-bond acceptors (Lipinski definition) is 4. The van der Waals surface area contributed by atoms with Gasteiger partial charge in [-0.25, -0.2) is 0 Å². The maximum absolute atomic E-state index is 13.4. The van der Waals surface area contributed by atoms with Crippen LogP contribution in [0.15, 0.2) is 45.6 Å². The number of hydrogen-bond donors (Lipinski definition) is 0. The van der Waals surface area contributed by atoms with E-state index in [1.807, 2.05) is 62.7 Å². The topological polar surface area (TPSA) is 65.1 Å². The molecule has 0 unspecified atom stereocenters. The second kappa shape index (κ2) is 6.44. The first-order valence-corrected chi connectivity index (χ1v) is 9.36.